The zero-order valence-corrected chi connectivity index (χ0v) is 13.5. The van der Waals surface area contributed by atoms with E-state index in [2.05, 4.69) is 27.6 Å². The van der Waals surface area contributed by atoms with Crippen molar-refractivity contribution < 1.29 is 9.90 Å². The smallest absolute Gasteiger partial charge is 0.338 e. The maximum absolute atomic E-state index is 10.9. The van der Waals surface area contributed by atoms with Crippen molar-refractivity contribution in [1.82, 2.24) is 14.8 Å². The average molecular weight is 341 g/mol. The van der Waals surface area contributed by atoms with Gasteiger partial charge in [0.1, 0.15) is 5.01 Å². The zero-order valence-electron chi connectivity index (χ0n) is 11.8. The lowest BCUT2D eigenvalue weighted by Crippen LogP contribution is -2.00. The fourth-order valence-electron chi connectivity index (χ4n) is 2.38. The van der Waals surface area contributed by atoms with Crippen molar-refractivity contribution in [3.63, 3.8) is 0 Å². The molecular formula is C16H11N3O2S2. The second kappa shape index (κ2) is 5.60. The Bertz CT molecular complexity index is 1000. The summed E-state index contributed by atoms with van der Waals surface area (Å²) in [6.07, 6.45) is 2.87. The maximum Gasteiger partial charge on any atom is 0.338 e. The Morgan fingerprint density at radius 2 is 2.09 bits per heavy atom. The van der Waals surface area contributed by atoms with Crippen LogP contribution in [0, 0.1) is 0 Å². The Hall–Kier alpha value is -2.51. The van der Waals surface area contributed by atoms with Crippen LogP contribution in [-0.2, 0) is 6.54 Å². The monoisotopic (exact) mass is 341 g/mol. The number of carboxylic acids is 1. The van der Waals surface area contributed by atoms with Gasteiger partial charge in [0.2, 0.25) is 0 Å². The largest absolute Gasteiger partial charge is 0.478 e. The van der Waals surface area contributed by atoms with Gasteiger partial charge in [-0.05, 0) is 6.07 Å². The molecule has 0 atom stereocenters. The maximum atomic E-state index is 10.9. The fourth-order valence-corrected chi connectivity index (χ4v) is 4.12. The minimum Gasteiger partial charge on any atom is -0.478 e. The standard InChI is InChI=1S/C16H11N3O2S2/c20-16(21)10-5-17-19(6-10)7-15-18-13(9-23-15)12-8-22-14-4-2-1-3-11(12)14/h1-6,8-9H,7H2,(H,20,21). The van der Waals surface area contributed by atoms with Gasteiger partial charge in [-0.25, -0.2) is 9.78 Å². The highest BCUT2D eigenvalue weighted by atomic mass is 32.1. The summed E-state index contributed by atoms with van der Waals surface area (Å²) in [5, 5.41) is 19.3. The summed E-state index contributed by atoms with van der Waals surface area (Å²) in [6, 6.07) is 8.27. The van der Waals surface area contributed by atoms with E-state index in [9.17, 15) is 4.79 Å². The van der Waals surface area contributed by atoms with Crippen molar-refractivity contribution in [3.8, 4) is 11.3 Å². The van der Waals surface area contributed by atoms with Gasteiger partial charge in [0, 0.05) is 32.6 Å². The average Bonchev–Trinajstić information content (AvgIpc) is 3.26. The molecule has 3 heterocycles. The molecule has 0 fully saturated rings. The van der Waals surface area contributed by atoms with E-state index in [1.165, 1.54) is 22.5 Å². The SMILES string of the molecule is O=C(O)c1cnn(Cc2nc(-c3csc4ccccc34)cs2)c1. The van der Waals surface area contributed by atoms with E-state index in [1.54, 1.807) is 27.4 Å². The summed E-state index contributed by atoms with van der Waals surface area (Å²) in [7, 11) is 0. The molecule has 7 heteroatoms. The molecule has 0 saturated heterocycles. The number of hydrogen-bond donors (Lipinski definition) is 1. The Labute approximate surface area is 139 Å². The first-order valence-electron chi connectivity index (χ1n) is 6.87. The third-order valence-corrected chi connectivity index (χ3v) is 5.28. The molecule has 4 aromatic rings. The molecular weight excluding hydrogens is 330 g/mol. The molecule has 0 spiro atoms. The first kappa shape index (κ1) is 14.1. The molecule has 0 aliphatic rings. The Kier molecular flexibility index (Phi) is 3.44. The third kappa shape index (κ3) is 2.64. The van der Waals surface area contributed by atoms with Gasteiger partial charge in [0.05, 0.1) is 24.0 Å². The number of aromatic nitrogens is 3. The van der Waals surface area contributed by atoms with Crippen molar-refractivity contribution in [2.75, 3.05) is 0 Å². The fraction of sp³-hybridized carbons (Fsp3) is 0.0625. The van der Waals surface area contributed by atoms with Crippen molar-refractivity contribution in [2.24, 2.45) is 0 Å². The van der Waals surface area contributed by atoms with Crippen LogP contribution >= 0.6 is 22.7 Å². The van der Waals surface area contributed by atoms with Gasteiger partial charge in [-0.15, -0.1) is 22.7 Å². The number of fused-ring (bicyclic) bond motifs is 1. The molecule has 0 amide bonds. The minimum atomic E-state index is -0.971. The highest BCUT2D eigenvalue weighted by Crippen LogP contribution is 2.34. The van der Waals surface area contributed by atoms with Crippen LogP contribution in [0.3, 0.4) is 0 Å². The minimum absolute atomic E-state index is 0.186. The van der Waals surface area contributed by atoms with Gasteiger partial charge < -0.3 is 5.11 Å². The molecule has 0 saturated carbocycles. The van der Waals surface area contributed by atoms with E-state index in [0.29, 0.717) is 6.54 Å². The van der Waals surface area contributed by atoms with Crippen molar-refractivity contribution in [3.05, 3.63) is 58.0 Å². The van der Waals surface area contributed by atoms with Crippen LogP contribution in [0.4, 0.5) is 0 Å². The normalized spacial score (nSPS) is 11.1. The molecule has 23 heavy (non-hydrogen) atoms. The van der Waals surface area contributed by atoms with E-state index in [-0.39, 0.29) is 5.56 Å². The number of nitrogens with zero attached hydrogens (tertiary/aromatic N) is 3. The summed E-state index contributed by atoms with van der Waals surface area (Å²) in [6.45, 7) is 0.472. The first-order chi connectivity index (χ1) is 11.2. The molecule has 1 aromatic carbocycles. The van der Waals surface area contributed by atoms with Gasteiger partial charge in [0.15, 0.2) is 0 Å². The molecule has 0 unspecified atom stereocenters. The van der Waals surface area contributed by atoms with Crippen LogP contribution < -0.4 is 0 Å². The number of aromatic carboxylic acids is 1. The number of thiophene rings is 1. The molecule has 4 rings (SSSR count). The molecule has 0 bridgehead atoms. The lowest BCUT2D eigenvalue weighted by atomic mass is 10.1. The molecule has 0 aliphatic heterocycles. The third-order valence-electron chi connectivity index (χ3n) is 3.49. The molecule has 5 nitrogen and oxygen atoms in total. The van der Waals surface area contributed by atoms with Crippen LogP contribution in [0.1, 0.15) is 15.4 Å². The molecule has 0 radical (unpaired) electrons. The summed E-state index contributed by atoms with van der Waals surface area (Å²) < 4.78 is 2.84. The van der Waals surface area contributed by atoms with Crippen molar-refractivity contribution >= 4 is 38.7 Å². The quantitative estimate of drug-likeness (QED) is 0.610. The molecule has 3 aromatic heterocycles. The molecule has 114 valence electrons. The summed E-state index contributed by atoms with van der Waals surface area (Å²) in [4.78, 5) is 15.6. The highest BCUT2D eigenvalue weighted by Gasteiger charge is 2.11. The van der Waals surface area contributed by atoms with Crippen molar-refractivity contribution in [1.29, 1.82) is 0 Å². The second-order valence-corrected chi connectivity index (χ2v) is 6.86. The van der Waals surface area contributed by atoms with Gasteiger partial charge in [-0.3, -0.25) is 4.68 Å². The first-order valence-corrected chi connectivity index (χ1v) is 8.63. The number of benzene rings is 1. The van der Waals surface area contributed by atoms with E-state index in [1.807, 2.05) is 17.5 Å². The van der Waals surface area contributed by atoms with E-state index < -0.39 is 5.97 Å². The van der Waals surface area contributed by atoms with E-state index in [0.717, 1.165) is 16.3 Å². The van der Waals surface area contributed by atoms with Gasteiger partial charge in [0.25, 0.3) is 0 Å². The lowest BCUT2D eigenvalue weighted by Gasteiger charge is -1.97. The second-order valence-electron chi connectivity index (χ2n) is 5.00. The number of rotatable bonds is 4. The van der Waals surface area contributed by atoms with Gasteiger partial charge in [-0.2, -0.15) is 5.10 Å². The van der Waals surface area contributed by atoms with Crippen LogP contribution in [0.25, 0.3) is 21.3 Å². The van der Waals surface area contributed by atoms with Crippen molar-refractivity contribution in [2.45, 2.75) is 6.54 Å². The molecule has 1 N–H and O–H groups in total. The predicted octanol–water partition coefficient (Wildman–Crippen LogP) is 3.97. The zero-order chi connectivity index (χ0) is 15.8. The lowest BCUT2D eigenvalue weighted by molar-refractivity contribution is 0.0697. The van der Waals surface area contributed by atoms with E-state index in [4.69, 9.17) is 5.11 Å². The summed E-state index contributed by atoms with van der Waals surface area (Å²) in [5.74, 6) is -0.971. The number of carboxylic acid groups (broad SMARTS) is 1. The summed E-state index contributed by atoms with van der Waals surface area (Å²) in [5.41, 5.74) is 2.28. The van der Waals surface area contributed by atoms with Crippen LogP contribution in [0.15, 0.2) is 47.4 Å². The number of hydrogen-bond acceptors (Lipinski definition) is 5. The number of thiazole rings is 1. The summed E-state index contributed by atoms with van der Waals surface area (Å²) >= 11 is 3.26. The van der Waals surface area contributed by atoms with Crippen LogP contribution in [0.5, 0.6) is 0 Å². The van der Waals surface area contributed by atoms with Gasteiger partial charge >= 0.3 is 5.97 Å². The Balaban J connectivity index is 1.62. The Morgan fingerprint density at radius 1 is 1.22 bits per heavy atom. The van der Waals surface area contributed by atoms with Crippen LogP contribution in [0.2, 0.25) is 0 Å². The van der Waals surface area contributed by atoms with Crippen LogP contribution in [-0.4, -0.2) is 25.8 Å². The topological polar surface area (TPSA) is 68.0 Å². The predicted molar refractivity (Wildman–Crippen MR) is 91.2 cm³/mol. The molecule has 0 aliphatic carbocycles. The Morgan fingerprint density at radius 3 is 2.91 bits per heavy atom. The van der Waals surface area contributed by atoms with Gasteiger partial charge in [-0.1, -0.05) is 18.2 Å². The highest BCUT2D eigenvalue weighted by molar-refractivity contribution is 7.17. The number of carbonyl (C=O) groups is 1. The van der Waals surface area contributed by atoms with E-state index >= 15 is 0 Å².